The van der Waals surface area contributed by atoms with Crippen molar-refractivity contribution in [2.75, 3.05) is 26.7 Å². The zero-order chi connectivity index (χ0) is 14.7. The van der Waals surface area contributed by atoms with Gasteiger partial charge in [0, 0.05) is 31.2 Å². The predicted molar refractivity (Wildman–Crippen MR) is 78.7 cm³/mol. The summed E-state index contributed by atoms with van der Waals surface area (Å²) in [7, 11) is 1.67. The van der Waals surface area contributed by atoms with Crippen molar-refractivity contribution in [3.05, 3.63) is 29.3 Å². The number of aryl methyl sites for hydroxylation is 1. The highest BCUT2D eigenvalue weighted by Gasteiger charge is 2.31. The molecule has 1 aliphatic rings. The summed E-state index contributed by atoms with van der Waals surface area (Å²) in [6, 6.07) is 5.93. The van der Waals surface area contributed by atoms with Crippen LogP contribution in [0.25, 0.3) is 0 Å². The van der Waals surface area contributed by atoms with Crippen molar-refractivity contribution >= 4 is 5.91 Å². The number of primary amides is 1. The summed E-state index contributed by atoms with van der Waals surface area (Å²) in [6.07, 6.45) is 0. The van der Waals surface area contributed by atoms with Gasteiger partial charge in [0.2, 0.25) is 5.91 Å². The molecule has 110 valence electrons. The molecule has 20 heavy (non-hydrogen) atoms. The SMILES string of the molecule is COc1ccc(C)cc1C(C)N1CCNCC1C(N)=O. The minimum atomic E-state index is -0.282. The van der Waals surface area contributed by atoms with Crippen molar-refractivity contribution in [1.29, 1.82) is 0 Å². The maximum absolute atomic E-state index is 11.6. The Morgan fingerprint density at radius 2 is 2.30 bits per heavy atom. The summed E-state index contributed by atoms with van der Waals surface area (Å²) in [5, 5.41) is 3.22. The highest BCUT2D eigenvalue weighted by Crippen LogP contribution is 2.31. The van der Waals surface area contributed by atoms with Gasteiger partial charge in [-0.25, -0.2) is 0 Å². The smallest absolute Gasteiger partial charge is 0.236 e. The van der Waals surface area contributed by atoms with Gasteiger partial charge < -0.3 is 15.8 Å². The van der Waals surface area contributed by atoms with Crippen LogP contribution in [0.5, 0.6) is 5.75 Å². The van der Waals surface area contributed by atoms with Gasteiger partial charge in [-0.1, -0.05) is 17.7 Å². The van der Waals surface area contributed by atoms with Gasteiger partial charge in [0.25, 0.3) is 0 Å². The molecule has 1 saturated heterocycles. The molecule has 5 nitrogen and oxygen atoms in total. The van der Waals surface area contributed by atoms with Gasteiger partial charge in [0.1, 0.15) is 11.8 Å². The highest BCUT2D eigenvalue weighted by molar-refractivity contribution is 5.80. The van der Waals surface area contributed by atoms with Gasteiger partial charge >= 0.3 is 0 Å². The Kier molecular flexibility index (Phi) is 4.62. The van der Waals surface area contributed by atoms with Gasteiger partial charge in [0.15, 0.2) is 0 Å². The zero-order valence-electron chi connectivity index (χ0n) is 12.3. The van der Waals surface area contributed by atoms with E-state index in [0.717, 1.165) is 24.4 Å². The number of piperazine rings is 1. The Morgan fingerprint density at radius 3 is 2.95 bits per heavy atom. The van der Waals surface area contributed by atoms with E-state index >= 15 is 0 Å². The summed E-state index contributed by atoms with van der Waals surface area (Å²) in [5.74, 6) is 0.570. The number of carbonyl (C=O) groups is 1. The monoisotopic (exact) mass is 277 g/mol. The summed E-state index contributed by atoms with van der Waals surface area (Å²) in [6.45, 7) is 6.42. The highest BCUT2D eigenvalue weighted by atomic mass is 16.5. The van der Waals surface area contributed by atoms with Gasteiger partial charge in [0.05, 0.1) is 7.11 Å². The van der Waals surface area contributed by atoms with Crippen LogP contribution < -0.4 is 15.8 Å². The number of ether oxygens (including phenoxy) is 1. The van der Waals surface area contributed by atoms with Crippen molar-refractivity contribution in [3.8, 4) is 5.75 Å². The van der Waals surface area contributed by atoms with Crippen LogP contribution in [0, 0.1) is 6.92 Å². The zero-order valence-corrected chi connectivity index (χ0v) is 12.3. The molecule has 0 aromatic heterocycles. The van der Waals surface area contributed by atoms with Crippen molar-refractivity contribution in [2.24, 2.45) is 5.73 Å². The first-order valence-electron chi connectivity index (χ1n) is 6.95. The van der Waals surface area contributed by atoms with Crippen LogP contribution in [0.15, 0.2) is 18.2 Å². The lowest BCUT2D eigenvalue weighted by atomic mass is 10.00. The Balaban J connectivity index is 2.31. The van der Waals surface area contributed by atoms with E-state index in [9.17, 15) is 4.79 Å². The van der Waals surface area contributed by atoms with E-state index in [4.69, 9.17) is 10.5 Å². The minimum absolute atomic E-state index is 0.0875. The van der Waals surface area contributed by atoms with Crippen molar-refractivity contribution in [3.63, 3.8) is 0 Å². The Labute approximate surface area is 120 Å². The maximum atomic E-state index is 11.6. The van der Waals surface area contributed by atoms with Gasteiger partial charge in [-0.15, -0.1) is 0 Å². The fourth-order valence-electron chi connectivity index (χ4n) is 2.81. The first-order valence-corrected chi connectivity index (χ1v) is 6.95. The number of methoxy groups -OCH3 is 1. The predicted octanol–water partition coefficient (Wildman–Crippen LogP) is 0.824. The third-order valence-corrected chi connectivity index (χ3v) is 3.95. The molecule has 2 unspecified atom stereocenters. The van der Waals surface area contributed by atoms with E-state index in [1.807, 2.05) is 12.1 Å². The van der Waals surface area contributed by atoms with Crippen molar-refractivity contribution in [1.82, 2.24) is 10.2 Å². The fourth-order valence-corrected chi connectivity index (χ4v) is 2.81. The van der Waals surface area contributed by atoms with Crippen LogP contribution in [-0.2, 0) is 4.79 Å². The molecule has 0 aliphatic carbocycles. The lowest BCUT2D eigenvalue weighted by Gasteiger charge is -2.39. The fraction of sp³-hybridized carbons (Fsp3) is 0.533. The molecule has 1 aromatic carbocycles. The van der Waals surface area contributed by atoms with Gasteiger partial charge in [-0.2, -0.15) is 0 Å². The summed E-state index contributed by atoms with van der Waals surface area (Å²) in [5.41, 5.74) is 7.80. The Bertz CT molecular complexity index is 490. The minimum Gasteiger partial charge on any atom is -0.496 e. The van der Waals surface area contributed by atoms with Crippen molar-refractivity contribution in [2.45, 2.75) is 25.9 Å². The average molecular weight is 277 g/mol. The average Bonchev–Trinajstić information content (AvgIpc) is 2.46. The maximum Gasteiger partial charge on any atom is 0.236 e. The molecule has 1 aliphatic heterocycles. The molecule has 1 amide bonds. The topological polar surface area (TPSA) is 67.6 Å². The van der Waals surface area contributed by atoms with Crippen LogP contribution in [0.4, 0.5) is 0 Å². The standard InChI is InChI=1S/C15H23N3O2/c1-10-4-5-14(20-3)12(8-10)11(2)18-7-6-17-9-13(18)15(16)19/h4-5,8,11,13,17H,6-7,9H2,1-3H3,(H2,16,19). The normalized spacial score (nSPS) is 21.4. The number of hydrogen-bond acceptors (Lipinski definition) is 4. The molecule has 0 saturated carbocycles. The molecular formula is C15H23N3O2. The lowest BCUT2D eigenvalue weighted by molar-refractivity contribution is -0.124. The first-order chi connectivity index (χ1) is 9.54. The molecule has 1 heterocycles. The van der Waals surface area contributed by atoms with E-state index in [1.165, 1.54) is 5.56 Å². The first kappa shape index (κ1) is 14.8. The van der Waals surface area contributed by atoms with E-state index in [0.29, 0.717) is 6.54 Å². The number of amides is 1. The molecular weight excluding hydrogens is 254 g/mol. The second kappa shape index (κ2) is 6.24. The van der Waals surface area contributed by atoms with E-state index in [1.54, 1.807) is 7.11 Å². The number of carbonyl (C=O) groups excluding carboxylic acids is 1. The molecule has 5 heteroatoms. The molecule has 0 bridgehead atoms. The quantitative estimate of drug-likeness (QED) is 0.855. The third-order valence-electron chi connectivity index (χ3n) is 3.95. The molecule has 1 aromatic rings. The molecule has 1 fully saturated rings. The summed E-state index contributed by atoms with van der Waals surface area (Å²) < 4.78 is 5.45. The number of hydrogen-bond donors (Lipinski definition) is 2. The third kappa shape index (κ3) is 2.94. The van der Waals surface area contributed by atoms with Crippen LogP contribution in [0.1, 0.15) is 24.1 Å². The molecule has 3 N–H and O–H groups in total. The van der Waals surface area contributed by atoms with E-state index in [2.05, 4.69) is 30.1 Å². The number of nitrogens with two attached hydrogens (primary N) is 1. The van der Waals surface area contributed by atoms with E-state index < -0.39 is 0 Å². The number of nitrogens with zero attached hydrogens (tertiary/aromatic N) is 1. The number of benzene rings is 1. The van der Waals surface area contributed by atoms with Crippen LogP contribution in [-0.4, -0.2) is 43.6 Å². The molecule has 2 atom stereocenters. The van der Waals surface area contributed by atoms with Crippen LogP contribution in [0.3, 0.4) is 0 Å². The van der Waals surface area contributed by atoms with E-state index in [-0.39, 0.29) is 18.0 Å². The number of rotatable bonds is 4. The van der Waals surface area contributed by atoms with Gasteiger partial charge in [-0.3, -0.25) is 9.69 Å². The molecule has 0 spiro atoms. The van der Waals surface area contributed by atoms with Crippen molar-refractivity contribution < 1.29 is 9.53 Å². The molecule has 2 rings (SSSR count). The largest absolute Gasteiger partial charge is 0.496 e. The summed E-state index contributed by atoms with van der Waals surface area (Å²) in [4.78, 5) is 13.8. The van der Waals surface area contributed by atoms with Gasteiger partial charge in [-0.05, 0) is 19.9 Å². The van der Waals surface area contributed by atoms with Crippen LogP contribution >= 0.6 is 0 Å². The lowest BCUT2D eigenvalue weighted by Crippen LogP contribution is -2.57. The van der Waals surface area contributed by atoms with Crippen LogP contribution in [0.2, 0.25) is 0 Å². The Hall–Kier alpha value is -1.59. The summed E-state index contributed by atoms with van der Waals surface area (Å²) >= 11 is 0. The molecule has 0 radical (unpaired) electrons. The Morgan fingerprint density at radius 1 is 1.55 bits per heavy atom. The second-order valence-electron chi connectivity index (χ2n) is 5.28. The number of nitrogens with one attached hydrogen (secondary N) is 1. The second-order valence-corrected chi connectivity index (χ2v) is 5.28.